The smallest absolute Gasteiger partial charge is 0.382 e. The van der Waals surface area contributed by atoms with Gasteiger partial charge in [-0.3, -0.25) is 4.90 Å². The van der Waals surface area contributed by atoms with Crippen LogP contribution in [0, 0.1) is 11.3 Å². The molecule has 82 valence electrons. The molecule has 0 spiro atoms. The molecule has 0 radical (unpaired) electrons. The Labute approximate surface area is 80.7 Å². The quantitative estimate of drug-likeness (QED) is 0.757. The second-order valence-corrected chi connectivity index (χ2v) is 3.21. The molecule has 6 heteroatoms. The Morgan fingerprint density at radius 1 is 1.50 bits per heavy atom. The molecular formula is C8H13F3N2O. The molecule has 2 atom stereocenters. The second-order valence-electron chi connectivity index (χ2n) is 3.21. The summed E-state index contributed by atoms with van der Waals surface area (Å²) in [4.78, 5) is 1.31. The molecule has 3 nitrogen and oxygen atoms in total. The highest BCUT2D eigenvalue weighted by Gasteiger charge is 2.39. The van der Waals surface area contributed by atoms with E-state index >= 15 is 0 Å². The van der Waals surface area contributed by atoms with Crippen LogP contribution in [0.5, 0.6) is 0 Å². The topological polar surface area (TPSA) is 47.3 Å². The number of halogens is 3. The van der Waals surface area contributed by atoms with E-state index < -0.39 is 18.8 Å². The van der Waals surface area contributed by atoms with Crippen molar-refractivity contribution >= 4 is 0 Å². The summed E-state index contributed by atoms with van der Waals surface area (Å²) >= 11 is 0. The molecule has 0 rings (SSSR count). The van der Waals surface area contributed by atoms with Crippen molar-refractivity contribution in [3.8, 4) is 6.07 Å². The van der Waals surface area contributed by atoms with Crippen LogP contribution in [0.4, 0.5) is 13.2 Å². The lowest BCUT2D eigenvalue weighted by Gasteiger charge is -2.26. The lowest BCUT2D eigenvalue weighted by atomic mass is 10.2. The summed E-state index contributed by atoms with van der Waals surface area (Å²) in [5, 5.41) is 17.0. The summed E-state index contributed by atoms with van der Waals surface area (Å²) in [5.74, 6) is 0. The van der Waals surface area contributed by atoms with Crippen LogP contribution in [-0.2, 0) is 0 Å². The monoisotopic (exact) mass is 210 g/mol. The van der Waals surface area contributed by atoms with E-state index in [0.29, 0.717) is 0 Å². The van der Waals surface area contributed by atoms with Gasteiger partial charge in [0.2, 0.25) is 0 Å². The van der Waals surface area contributed by atoms with E-state index in [0.717, 1.165) is 0 Å². The van der Waals surface area contributed by atoms with Crippen LogP contribution < -0.4 is 0 Å². The number of rotatable bonds is 4. The van der Waals surface area contributed by atoms with Crippen molar-refractivity contribution in [3.05, 3.63) is 0 Å². The van der Waals surface area contributed by atoms with Gasteiger partial charge in [0.05, 0.1) is 12.5 Å². The van der Waals surface area contributed by atoms with Gasteiger partial charge in [-0.1, -0.05) is 0 Å². The minimum Gasteiger partial charge on any atom is -0.382 e. The first kappa shape index (κ1) is 13.2. The normalized spacial score (nSPS) is 16.4. The van der Waals surface area contributed by atoms with Gasteiger partial charge in [-0.05, 0) is 14.0 Å². The van der Waals surface area contributed by atoms with Crippen LogP contribution in [0.2, 0.25) is 0 Å². The molecule has 0 saturated heterocycles. The van der Waals surface area contributed by atoms with Gasteiger partial charge in [-0.15, -0.1) is 0 Å². The van der Waals surface area contributed by atoms with Crippen LogP contribution in [0.15, 0.2) is 0 Å². The molecule has 0 aromatic carbocycles. The molecule has 0 bridgehead atoms. The molecule has 0 fully saturated rings. The molecule has 14 heavy (non-hydrogen) atoms. The zero-order valence-corrected chi connectivity index (χ0v) is 8.04. The summed E-state index contributed by atoms with van der Waals surface area (Å²) in [6, 6.07) is 1.56. The average molecular weight is 210 g/mol. The van der Waals surface area contributed by atoms with Gasteiger partial charge in [-0.25, -0.2) is 0 Å². The predicted molar refractivity (Wildman–Crippen MR) is 44.4 cm³/mol. The summed E-state index contributed by atoms with van der Waals surface area (Å²) in [6.45, 7) is 1.12. The molecule has 2 unspecified atom stereocenters. The Hall–Kier alpha value is -0.800. The summed E-state index contributed by atoms with van der Waals surface area (Å²) < 4.78 is 35.8. The van der Waals surface area contributed by atoms with Crippen molar-refractivity contribution in [1.29, 1.82) is 5.26 Å². The van der Waals surface area contributed by atoms with Crippen molar-refractivity contribution < 1.29 is 18.3 Å². The number of hydrogen-bond acceptors (Lipinski definition) is 3. The number of alkyl halides is 3. The Kier molecular flexibility index (Phi) is 4.88. The molecule has 1 N–H and O–H groups in total. The average Bonchev–Trinajstić information content (AvgIpc) is 2.02. The molecule has 0 aliphatic heterocycles. The van der Waals surface area contributed by atoms with Gasteiger partial charge < -0.3 is 5.11 Å². The molecule has 0 saturated carbocycles. The maximum Gasteiger partial charge on any atom is 0.415 e. The zero-order valence-electron chi connectivity index (χ0n) is 8.04. The van der Waals surface area contributed by atoms with Gasteiger partial charge in [0.1, 0.15) is 0 Å². The SMILES string of the molecule is CC(CC#N)N(C)CC(O)C(F)(F)F. The molecule has 0 aromatic rings. The van der Waals surface area contributed by atoms with E-state index in [-0.39, 0.29) is 12.5 Å². The first-order valence-electron chi connectivity index (χ1n) is 4.11. The van der Waals surface area contributed by atoms with Gasteiger partial charge in [0, 0.05) is 12.6 Å². The van der Waals surface area contributed by atoms with Crippen LogP contribution in [-0.4, -0.2) is 41.9 Å². The lowest BCUT2D eigenvalue weighted by molar-refractivity contribution is -0.208. The predicted octanol–water partition coefficient (Wildman–Crippen LogP) is 1.14. The molecule has 0 heterocycles. The van der Waals surface area contributed by atoms with Crippen LogP contribution in [0.3, 0.4) is 0 Å². The minimum absolute atomic E-state index is 0.140. The Bertz CT molecular complexity index is 212. The summed E-state index contributed by atoms with van der Waals surface area (Å²) in [5.41, 5.74) is 0. The maximum absolute atomic E-state index is 11.9. The summed E-state index contributed by atoms with van der Waals surface area (Å²) in [7, 11) is 1.44. The van der Waals surface area contributed by atoms with E-state index in [1.807, 2.05) is 6.07 Å². The standard InChI is InChI=1S/C8H13F3N2O/c1-6(3-4-12)13(2)5-7(14)8(9,10)11/h6-7,14H,3,5H2,1-2H3. The van der Waals surface area contributed by atoms with E-state index in [4.69, 9.17) is 10.4 Å². The van der Waals surface area contributed by atoms with E-state index in [1.54, 1.807) is 6.92 Å². The highest BCUT2D eigenvalue weighted by Crippen LogP contribution is 2.21. The fraction of sp³-hybridized carbons (Fsp3) is 0.875. The van der Waals surface area contributed by atoms with Crippen molar-refractivity contribution in [2.45, 2.75) is 31.7 Å². The van der Waals surface area contributed by atoms with Crippen molar-refractivity contribution in [2.75, 3.05) is 13.6 Å². The Balaban J connectivity index is 4.07. The fourth-order valence-electron chi connectivity index (χ4n) is 0.844. The third-order valence-electron chi connectivity index (χ3n) is 1.98. The van der Waals surface area contributed by atoms with E-state index in [1.165, 1.54) is 11.9 Å². The zero-order chi connectivity index (χ0) is 11.4. The number of aliphatic hydroxyl groups is 1. The molecular weight excluding hydrogens is 197 g/mol. The molecule has 0 amide bonds. The molecule has 0 aliphatic rings. The van der Waals surface area contributed by atoms with Crippen molar-refractivity contribution in [2.24, 2.45) is 0 Å². The van der Waals surface area contributed by atoms with E-state index in [2.05, 4.69) is 0 Å². The van der Waals surface area contributed by atoms with Crippen molar-refractivity contribution in [3.63, 3.8) is 0 Å². The lowest BCUT2D eigenvalue weighted by Crippen LogP contribution is -2.42. The van der Waals surface area contributed by atoms with Crippen molar-refractivity contribution in [1.82, 2.24) is 4.90 Å². The first-order chi connectivity index (χ1) is 6.29. The second kappa shape index (κ2) is 5.17. The number of aliphatic hydroxyl groups excluding tert-OH is 1. The minimum atomic E-state index is -4.60. The fourth-order valence-corrected chi connectivity index (χ4v) is 0.844. The van der Waals surface area contributed by atoms with Crippen LogP contribution in [0.1, 0.15) is 13.3 Å². The highest BCUT2D eigenvalue weighted by molar-refractivity contribution is 4.80. The molecule has 0 aliphatic carbocycles. The number of likely N-dealkylation sites (N-methyl/N-ethyl adjacent to an activating group) is 1. The van der Waals surface area contributed by atoms with Gasteiger partial charge >= 0.3 is 6.18 Å². The highest BCUT2D eigenvalue weighted by atomic mass is 19.4. The summed E-state index contributed by atoms with van der Waals surface area (Å²) in [6.07, 6.45) is -6.81. The van der Waals surface area contributed by atoms with E-state index in [9.17, 15) is 13.2 Å². The molecule has 0 aromatic heterocycles. The van der Waals surface area contributed by atoms with Crippen LogP contribution >= 0.6 is 0 Å². The van der Waals surface area contributed by atoms with Gasteiger partial charge in [0.15, 0.2) is 6.10 Å². The number of nitriles is 1. The third-order valence-corrected chi connectivity index (χ3v) is 1.98. The van der Waals surface area contributed by atoms with Gasteiger partial charge in [0.25, 0.3) is 0 Å². The third kappa shape index (κ3) is 4.44. The largest absolute Gasteiger partial charge is 0.415 e. The number of hydrogen-bond donors (Lipinski definition) is 1. The Morgan fingerprint density at radius 3 is 2.36 bits per heavy atom. The van der Waals surface area contributed by atoms with Gasteiger partial charge in [-0.2, -0.15) is 18.4 Å². The number of nitrogens with zero attached hydrogens (tertiary/aromatic N) is 2. The Morgan fingerprint density at radius 2 is 2.00 bits per heavy atom. The first-order valence-corrected chi connectivity index (χ1v) is 4.11. The maximum atomic E-state index is 11.9. The van der Waals surface area contributed by atoms with Crippen LogP contribution in [0.25, 0.3) is 0 Å².